The third-order valence-electron chi connectivity index (χ3n) is 4.32. The van der Waals surface area contributed by atoms with Crippen LogP contribution in [0.15, 0.2) is 40.1 Å². The summed E-state index contributed by atoms with van der Waals surface area (Å²) in [6, 6.07) is 6.03. The highest BCUT2D eigenvalue weighted by Crippen LogP contribution is 2.32. The molecule has 1 heterocycles. The molecule has 0 saturated heterocycles. The second-order valence-electron chi connectivity index (χ2n) is 6.02. The van der Waals surface area contributed by atoms with Gasteiger partial charge in [-0.2, -0.15) is 0 Å². The molecule has 0 spiro atoms. The topological polar surface area (TPSA) is 79.5 Å². The van der Waals surface area contributed by atoms with Crippen LogP contribution < -0.4 is 20.7 Å². The molecule has 0 bridgehead atoms. The van der Waals surface area contributed by atoms with Gasteiger partial charge in [-0.25, -0.2) is 13.9 Å². The van der Waals surface area contributed by atoms with Crippen LogP contribution in [0.3, 0.4) is 0 Å². The lowest BCUT2D eigenvalue weighted by atomic mass is 10.2. The minimum absolute atomic E-state index is 0.102. The van der Waals surface area contributed by atoms with E-state index in [2.05, 4.69) is 0 Å². The van der Waals surface area contributed by atoms with Gasteiger partial charge in [0.2, 0.25) is 5.91 Å². The van der Waals surface area contributed by atoms with Gasteiger partial charge in [-0.15, -0.1) is 0 Å². The van der Waals surface area contributed by atoms with Gasteiger partial charge in [0.1, 0.15) is 0 Å². The molecule has 2 aromatic rings. The number of rotatable bonds is 4. The first kappa shape index (κ1) is 17.0. The first-order chi connectivity index (χ1) is 12.0. The molecule has 0 unspecified atom stereocenters. The summed E-state index contributed by atoms with van der Waals surface area (Å²) in [6.45, 7) is 1.26. The summed E-state index contributed by atoms with van der Waals surface area (Å²) in [7, 11) is 1.54. The highest BCUT2D eigenvalue weighted by atomic mass is 16.5. The number of methoxy groups -OCH3 is 1. The summed E-state index contributed by atoms with van der Waals surface area (Å²) < 4.78 is 13.2. The van der Waals surface area contributed by atoms with E-state index in [1.54, 1.807) is 18.2 Å². The average Bonchev–Trinajstić information content (AvgIpc) is 3.08. The van der Waals surface area contributed by atoms with Gasteiger partial charge in [0.25, 0.3) is 5.56 Å². The molecule has 0 aliphatic heterocycles. The molecule has 132 valence electrons. The van der Waals surface area contributed by atoms with E-state index in [9.17, 15) is 14.4 Å². The van der Waals surface area contributed by atoms with E-state index < -0.39 is 17.2 Å². The molecule has 1 fully saturated rings. The van der Waals surface area contributed by atoms with Crippen LogP contribution in [0.2, 0.25) is 0 Å². The van der Waals surface area contributed by atoms with E-state index >= 15 is 0 Å². The van der Waals surface area contributed by atoms with Crippen LogP contribution in [-0.2, 0) is 0 Å². The van der Waals surface area contributed by atoms with Gasteiger partial charge in [0, 0.05) is 25.3 Å². The summed E-state index contributed by atoms with van der Waals surface area (Å²) in [4.78, 5) is 36.2. The van der Waals surface area contributed by atoms with Crippen molar-refractivity contribution in [3.05, 3.63) is 51.3 Å². The number of carbonyl (C=O) groups excluding carboxylic acids is 1. The Balaban J connectivity index is 2.09. The maximum Gasteiger partial charge on any atom is 0.342 e. The molecule has 3 rings (SSSR count). The molecule has 0 atom stereocenters. The minimum atomic E-state index is -0.711. The predicted molar refractivity (Wildman–Crippen MR) is 92.0 cm³/mol. The molecule has 1 saturated carbocycles. The van der Waals surface area contributed by atoms with Crippen molar-refractivity contribution in [2.45, 2.75) is 38.7 Å². The predicted octanol–water partition coefficient (Wildman–Crippen LogP) is 1.99. The van der Waals surface area contributed by atoms with Crippen molar-refractivity contribution in [3.63, 3.8) is 0 Å². The van der Waals surface area contributed by atoms with Crippen LogP contribution in [0.1, 0.15) is 37.4 Å². The van der Waals surface area contributed by atoms with Gasteiger partial charge in [0.15, 0.2) is 11.5 Å². The summed E-state index contributed by atoms with van der Waals surface area (Å²) in [5.41, 5.74) is -0.893. The van der Waals surface area contributed by atoms with Gasteiger partial charge in [-0.1, -0.05) is 0 Å². The van der Waals surface area contributed by atoms with E-state index in [-0.39, 0.29) is 6.10 Å². The minimum Gasteiger partial charge on any atom is -0.493 e. The van der Waals surface area contributed by atoms with Crippen molar-refractivity contribution < 1.29 is 14.3 Å². The van der Waals surface area contributed by atoms with Crippen molar-refractivity contribution in [1.82, 2.24) is 9.13 Å². The fourth-order valence-corrected chi connectivity index (χ4v) is 3.04. The van der Waals surface area contributed by atoms with Crippen LogP contribution in [-0.4, -0.2) is 28.3 Å². The Labute approximate surface area is 144 Å². The van der Waals surface area contributed by atoms with Crippen LogP contribution in [0.5, 0.6) is 11.5 Å². The largest absolute Gasteiger partial charge is 0.493 e. The number of hydrogen-bond acceptors (Lipinski definition) is 5. The smallest absolute Gasteiger partial charge is 0.342 e. The Hall–Kier alpha value is -2.83. The lowest BCUT2D eigenvalue weighted by Crippen LogP contribution is -2.39. The van der Waals surface area contributed by atoms with Crippen LogP contribution in [0.4, 0.5) is 0 Å². The van der Waals surface area contributed by atoms with Crippen molar-refractivity contribution in [1.29, 1.82) is 0 Å². The number of aromatic nitrogens is 2. The standard InChI is InChI=1S/C18H20N2O5/c1-12(21)19-10-9-17(22)20(18(19)23)13-7-8-15(24-2)16(11-13)25-14-5-3-4-6-14/h7-11,14H,3-6H2,1-2H3. The number of nitrogens with zero attached hydrogens (tertiary/aromatic N) is 2. The molecule has 1 aliphatic carbocycles. The molecular weight excluding hydrogens is 324 g/mol. The first-order valence-electron chi connectivity index (χ1n) is 8.22. The SMILES string of the molecule is COc1ccc(-n2c(=O)ccn(C(C)=O)c2=O)cc1OC1CCCC1. The molecule has 7 heteroatoms. The molecule has 0 amide bonds. The highest BCUT2D eigenvalue weighted by molar-refractivity contribution is 5.75. The fourth-order valence-electron chi connectivity index (χ4n) is 3.04. The highest BCUT2D eigenvalue weighted by Gasteiger charge is 2.19. The van der Waals surface area contributed by atoms with Crippen LogP contribution in [0.25, 0.3) is 5.69 Å². The third-order valence-corrected chi connectivity index (χ3v) is 4.32. The van der Waals surface area contributed by atoms with Gasteiger partial charge >= 0.3 is 5.69 Å². The number of benzene rings is 1. The van der Waals surface area contributed by atoms with Gasteiger partial charge < -0.3 is 9.47 Å². The molecule has 25 heavy (non-hydrogen) atoms. The average molecular weight is 344 g/mol. The van der Waals surface area contributed by atoms with Crippen LogP contribution in [0, 0.1) is 0 Å². The van der Waals surface area contributed by atoms with Crippen LogP contribution >= 0.6 is 0 Å². The molecule has 1 aliphatic rings. The Kier molecular flexibility index (Phi) is 4.74. The number of hydrogen-bond donors (Lipinski definition) is 0. The number of ether oxygens (including phenoxy) is 2. The Morgan fingerprint density at radius 3 is 2.48 bits per heavy atom. The summed E-state index contributed by atoms with van der Waals surface area (Å²) >= 11 is 0. The zero-order valence-electron chi connectivity index (χ0n) is 14.2. The van der Waals surface area contributed by atoms with Gasteiger partial charge in [0.05, 0.1) is 18.9 Å². The third kappa shape index (κ3) is 3.35. The van der Waals surface area contributed by atoms with Crippen molar-refractivity contribution in [2.75, 3.05) is 7.11 Å². The maximum atomic E-state index is 12.5. The zero-order chi connectivity index (χ0) is 18.0. The molecular formula is C18H20N2O5. The monoisotopic (exact) mass is 344 g/mol. The van der Waals surface area contributed by atoms with E-state index in [4.69, 9.17) is 9.47 Å². The lowest BCUT2D eigenvalue weighted by molar-refractivity contribution is 0.0929. The van der Waals surface area contributed by atoms with Crippen molar-refractivity contribution in [2.24, 2.45) is 0 Å². The summed E-state index contributed by atoms with van der Waals surface area (Å²) in [5.74, 6) is 0.553. The normalized spacial score (nSPS) is 14.5. The number of carbonyl (C=O) groups is 1. The Bertz CT molecular complexity index is 906. The second-order valence-corrected chi connectivity index (χ2v) is 6.02. The lowest BCUT2D eigenvalue weighted by Gasteiger charge is -2.17. The summed E-state index contributed by atoms with van der Waals surface area (Å²) in [6.07, 6.45) is 5.46. The van der Waals surface area contributed by atoms with Gasteiger partial charge in [-0.05, 0) is 37.8 Å². The first-order valence-corrected chi connectivity index (χ1v) is 8.22. The Morgan fingerprint density at radius 2 is 1.84 bits per heavy atom. The zero-order valence-corrected chi connectivity index (χ0v) is 14.2. The van der Waals surface area contributed by atoms with E-state index in [0.29, 0.717) is 17.2 Å². The van der Waals surface area contributed by atoms with E-state index in [0.717, 1.165) is 34.8 Å². The molecule has 1 aromatic heterocycles. The maximum absolute atomic E-state index is 12.5. The second kappa shape index (κ2) is 6.96. The molecule has 7 nitrogen and oxygen atoms in total. The van der Waals surface area contributed by atoms with Gasteiger partial charge in [-0.3, -0.25) is 9.59 Å². The van der Waals surface area contributed by atoms with Crippen molar-refractivity contribution in [3.8, 4) is 17.2 Å². The summed E-state index contributed by atoms with van der Waals surface area (Å²) in [5, 5.41) is 0. The van der Waals surface area contributed by atoms with E-state index in [1.165, 1.54) is 26.3 Å². The van der Waals surface area contributed by atoms with E-state index in [1.807, 2.05) is 0 Å². The Morgan fingerprint density at radius 1 is 1.12 bits per heavy atom. The molecule has 0 N–H and O–H groups in total. The fraction of sp³-hybridized carbons (Fsp3) is 0.389. The quantitative estimate of drug-likeness (QED) is 0.847. The molecule has 1 aromatic carbocycles. The van der Waals surface area contributed by atoms with Crippen molar-refractivity contribution >= 4 is 5.91 Å². The molecule has 0 radical (unpaired) electrons.